The maximum Gasteiger partial charge on any atom is 0.381 e. The molecule has 1 N–H and O–H groups in total. The second kappa shape index (κ2) is 9.26. The van der Waals surface area contributed by atoms with Gasteiger partial charge in [-0.1, -0.05) is 43.5 Å². The van der Waals surface area contributed by atoms with Gasteiger partial charge in [-0.2, -0.15) is 0 Å². The van der Waals surface area contributed by atoms with Gasteiger partial charge in [-0.25, -0.2) is 24.2 Å². The molecule has 1 aromatic rings. The molecule has 0 aliphatic rings. The minimum Gasteiger partial charge on any atom is -0.366 e. The van der Waals surface area contributed by atoms with E-state index in [-0.39, 0.29) is 17.6 Å². The number of hydrogen-bond donors (Lipinski definition) is 1. The fourth-order valence-electron chi connectivity index (χ4n) is 1.44. The number of carbonyl (C=O) groups is 3. The van der Waals surface area contributed by atoms with Crippen LogP contribution in [-0.4, -0.2) is 23.9 Å². The number of carbonyl (C=O) groups excluding carboxylic acids is 3. The fraction of sp³-hybridized carbons (Fsp3) is 0.235. The third-order valence-electron chi connectivity index (χ3n) is 2.76. The number of benzene rings is 1. The normalized spacial score (nSPS) is 11.1. The van der Waals surface area contributed by atoms with Crippen molar-refractivity contribution in [1.29, 1.82) is 0 Å². The van der Waals surface area contributed by atoms with Gasteiger partial charge in [0.25, 0.3) is 0 Å². The summed E-state index contributed by atoms with van der Waals surface area (Å²) in [6.45, 7) is 9.66. The van der Waals surface area contributed by atoms with Gasteiger partial charge < -0.3 is 4.84 Å². The molecule has 1 rings (SSSR count). The summed E-state index contributed by atoms with van der Waals surface area (Å²) in [5.74, 6) is -2.52. The molecule has 0 fully saturated rings. The Morgan fingerprint density at radius 1 is 1.00 bits per heavy atom. The van der Waals surface area contributed by atoms with Gasteiger partial charge in [0.1, 0.15) is 6.04 Å². The second-order valence-electron chi connectivity index (χ2n) is 5.08. The lowest BCUT2D eigenvalue weighted by Crippen LogP contribution is -2.41. The van der Waals surface area contributed by atoms with Crippen molar-refractivity contribution < 1.29 is 29.0 Å². The molecule has 7 nitrogen and oxygen atoms in total. The third-order valence-corrected chi connectivity index (χ3v) is 2.76. The molecular weight excluding hydrogens is 314 g/mol. The maximum atomic E-state index is 12.1. The van der Waals surface area contributed by atoms with Crippen molar-refractivity contribution in [2.45, 2.75) is 26.3 Å². The van der Waals surface area contributed by atoms with Crippen LogP contribution in [0.25, 0.3) is 0 Å². The first-order valence-corrected chi connectivity index (χ1v) is 7.05. The van der Waals surface area contributed by atoms with Gasteiger partial charge in [0.2, 0.25) is 0 Å². The Hall–Kier alpha value is -2.93. The van der Waals surface area contributed by atoms with E-state index in [0.717, 1.165) is 5.56 Å². The lowest BCUT2D eigenvalue weighted by atomic mass is 10.1. The molecule has 0 spiro atoms. The van der Waals surface area contributed by atoms with Crippen molar-refractivity contribution in [3.63, 3.8) is 0 Å². The van der Waals surface area contributed by atoms with Crippen LogP contribution in [0.15, 0.2) is 54.6 Å². The Morgan fingerprint density at radius 2 is 1.58 bits per heavy atom. The number of hydroxylamine groups is 1. The Morgan fingerprint density at radius 3 is 2.12 bits per heavy atom. The van der Waals surface area contributed by atoms with Crippen LogP contribution >= 0.6 is 0 Å². The van der Waals surface area contributed by atoms with E-state index in [1.807, 2.05) is 6.07 Å². The van der Waals surface area contributed by atoms with Gasteiger partial charge in [0.15, 0.2) is 0 Å². The van der Waals surface area contributed by atoms with Crippen LogP contribution in [0.4, 0.5) is 0 Å². The summed E-state index contributed by atoms with van der Waals surface area (Å²) in [6, 6.07) is 7.89. The van der Waals surface area contributed by atoms with Crippen LogP contribution < -0.4 is 5.48 Å². The molecule has 0 saturated heterocycles. The van der Waals surface area contributed by atoms with Crippen LogP contribution in [0.5, 0.6) is 0 Å². The van der Waals surface area contributed by atoms with Crippen LogP contribution in [0.2, 0.25) is 0 Å². The molecule has 7 heteroatoms. The van der Waals surface area contributed by atoms with Crippen molar-refractivity contribution in [2.24, 2.45) is 0 Å². The highest BCUT2D eigenvalue weighted by molar-refractivity contribution is 5.88. The van der Waals surface area contributed by atoms with Gasteiger partial charge >= 0.3 is 17.9 Å². The van der Waals surface area contributed by atoms with Crippen LogP contribution in [0.1, 0.15) is 19.4 Å². The second-order valence-corrected chi connectivity index (χ2v) is 5.08. The molecular formula is C17H19NO6. The van der Waals surface area contributed by atoms with Crippen molar-refractivity contribution in [3.8, 4) is 0 Å². The number of rotatable bonds is 7. The average molecular weight is 333 g/mol. The maximum absolute atomic E-state index is 12.1. The zero-order chi connectivity index (χ0) is 18.1. The van der Waals surface area contributed by atoms with Crippen molar-refractivity contribution in [3.05, 3.63) is 60.2 Å². The summed E-state index contributed by atoms with van der Waals surface area (Å²) < 4.78 is 0. The highest BCUT2D eigenvalue weighted by Gasteiger charge is 2.25. The van der Waals surface area contributed by atoms with Gasteiger partial charge in [-0.3, -0.25) is 0 Å². The monoisotopic (exact) mass is 333 g/mol. The van der Waals surface area contributed by atoms with Gasteiger partial charge in [-0.15, -0.1) is 5.48 Å². The molecule has 0 radical (unpaired) electrons. The smallest absolute Gasteiger partial charge is 0.366 e. The fourth-order valence-corrected chi connectivity index (χ4v) is 1.44. The first kappa shape index (κ1) is 19.1. The molecule has 0 aliphatic heterocycles. The molecule has 0 amide bonds. The molecule has 0 unspecified atom stereocenters. The van der Waals surface area contributed by atoms with E-state index in [2.05, 4.69) is 28.4 Å². The predicted molar refractivity (Wildman–Crippen MR) is 85.0 cm³/mol. The molecule has 0 aromatic heterocycles. The minimum absolute atomic E-state index is 0.0732. The first-order valence-electron chi connectivity index (χ1n) is 7.05. The molecule has 0 bridgehead atoms. The molecule has 1 aromatic carbocycles. The van der Waals surface area contributed by atoms with E-state index in [4.69, 9.17) is 4.84 Å². The van der Waals surface area contributed by atoms with E-state index in [1.165, 1.54) is 13.8 Å². The summed E-state index contributed by atoms with van der Waals surface area (Å²) in [6.07, 6.45) is 0.147. The average Bonchev–Trinajstić information content (AvgIpc) is 2.56. The zero-order valence-corrected chi connectivity index (χ0v) is 13.5. The summed E-state index contributed by atoms with van der Waals surface area (Å²) in [5.41, 5.74) is 3.31. The Labute approximate surface area is 139 Å². The van der Waals surface area contributed by atoms with E-state index < -0.39 is 23.9 Å². The minimum atomic E-state index is -1.08. The van der Waals surface area contributed by atoms with Crippen LogP contribution in [-0.2, 0) is 35.4 Å². The molecule has 0 saturated carbocycles. The number of nitrogens with one attached hydrogen (secondary N) is 1. The van der Waals surface area contributed by atoms with Crippen molar-refractivity contribution in [1.82, 2.24) is 5.48 Å². The van der Waals surface area contributed by atoms with E-state index in [0.29, 0.717) is 0 Å². The Balaban J connectivity index is 2.73. The number of hydrogen-bond acceptors (Lipinski definition) is 7. The molecule has 24 heavy (non-hydrogen) atoms. The Bertz CT molecular complexity index is 638. The van der Waals surface area contributed by atoms with Gasteiger partial charge in [-0.05, 0) is 19.4 Å². The van der Waals surface area contributed by atoms with Gasteiger partial charge in [0.05, 0.1) is 0 Å². The zero-order valence-electron chi connectivity index (χ0n) is 13.5. The lowest BCUT2D eigenvalue weighted by molar-refractivity contribution is -0.258. The SMILES string of the molecule is C=C(C)C(=O)ON[C@@H](Cc1ccccc1)C(=O)OOC(=O)C(=C)C. The molecule has 0 heterocycles. The summed E-state index contributed by atoms with van der Waals surface area (Å²) >= 11 is 0. The molecule has 1 atom stereocenters. The first-order chi connectivity index (χ1) is 11.3. The molecule has 128 valence electrons. The predicted octanol–water partition coefficient (Wildman–Crippen LogP) is 1.80. The van der Waals surface area contributed by atoms with E-state index >= 15 is 0 Å². The highest BCUT2D eigenvalue weighted by Crippen LogP contribution is 2.06. The quantitative estimate of drug-likeness (QED) is 0.462. The van der Waals surface area contributed by atoms with Crippen LogP contribution in [0, 0.1) is 0 Å². The lowest BCUT2D eigenvalue weighted by Gasteiger charge is -2.16. The van der Waals surface area contributed by atoms with Gasteiger partial charge in [0, 0.05) is 17.6 Å². The summed E-state index contributed by atoms with van der Waals surface area (Å²) in [7, 11) is 0. The van der Waals surface area contributed by atoms with Crippen molar-refractivity contribution >= 4 is 17.9 Å². The van der Waals surface area contributed by atoms with E-state index in [9.17, 15) is 14.4 Å². The third kappa shape index (κ3) is 6.45. The Kier molecular flexibility index (Phi) is 7.38. The van der Waals surface area contributed by atoms with E-state index in [1.54, 1.807) is 24.3 Å². The summed E-state index contributed by atoms with van der Waals surface area (Å²) in [4.78, 5) is 48.3. The largest absolute Gasteiger partial charge is 0.381 e. The highest BCUT2D eigenvalue weighted by atomic mass is 17.2. The van der Waals surface area contributed by atoms with Crippen molar-refractivity contribution in [2.75, 3.05) is 0 Å². The topological polar surface area (TPSA) is 90.9 Å². The van der Waals surface area contributed by atoms with Crippen LogP contribution in [0.3, 0.4) is 0 Å². The molecule has 0 aliphatic carbocycles. The standard InChI is InChI=1S/C17H19NO6/c1-11(2)15(19)22-18-14(10-13-8-6-5-7-9-13)17(21)24-23-16(20)12(3)4/h5-9,14,18H,1,3,10H2,2,4H3/t14-/m0/s1. The summed E-state index contributed by atoms with van der Waals surface area (Å²) in [5, 5.41) is 0.